The molecule has 0 N–H and O–H groups in total. The third kappa shape index (κ3) is 2.46. The first-order valence-corrected chi connectivity index (χ1v) is 6.20. The van der Waals surface area contributed by atoms with Gasteiger partial charge < -0.3 is 4.90 Å². The van der Waals surface area contributed by atoms with Gasteiger partial charge in [0.2, 0.25) is 5.28 Å². The normalized spacial score (nSPS) is 20.8. The second-order valence-electron chi connectivity index (χ2n) is 4.88. The lowest BCUT2D eigenvalue weighted by Crippen LogP contribution is -2.22. The number of hydrogen-bond donors (Lipinski definition) is 0. The minimum Gasteiger partial charge on any atom is -0.356 e. The third-order valence-electron chi connectivity index (χ3n) is 3.30. The maximum absolute atomic E-state index is 5.88. The van der Waals surface area contributed by atoms with Crippen LogP contribution in [0.1, 0.15) is 26.0 Å². The quantitative estimate of drug-likeness (QED) is 0.744. The Balaban J connectivity index is 2.14. The van der Waals surface area contributed by atoms with Crippen LogP contribution >= 0.6 is 11.6 Å². The van der Waals surface area contributed by atoms with Crippen molar-refractivity contribution in [2.24, 2.45) is 11.8 Å². The molecule has 0 radical (unpaired) electrons. The van der Waals surface area contributed by atoms with Crippen LogP contribution in [0.5, 0.6) is 0 Å². The molecule has 0 aliphatic carbocycles. The van der Waals surface area contributed by atoms with E-state index < -0.39 is 0 Å². The van der Waals surface area contributed by atoms with Gasteiger partial charge in [0.15, 0.2) is 0 Å². The van der Waals surface area contributed by atoms with Gasteiger partial charge in [0.05, 0.1) is 0 Å². The molecule has 2 rings (SSSR count). The Morgan fingerprint density at radius 3 is 2.75 bits per heavy atom. The number of aryl methyl sites for hydroxylation is 1. The van der Waals surface area contributed by atoms with Crippen molar-refractivity contribution in [3.05, 3.63) is 17.0 Å². The van der Waals surface area contributed by atoms with E-state index in [0.29, 0.717) is 5.28 Å². The van der Waals surface area contributed by atoms with Crippen LogP contribution in [0.2, 0.25) is 5.28 Å². The van der Waals surface area contributed by atoms with Crippen LogP contribution < -0.4 is 4.90 Å². The molecule has 1 atom stereocenters. The molecule has 3 nitrogen and oxygen atoms in total. The van der Waals surface area contributed by atoms with Crippen LogP contribution in [0.15, 0.2) is 6.07 Å². The van der Waals surface area contributed by atoms with Crippen molar-refractivity contribution < 1.29 is 0 Å². The van der Waals surface area contributed by atoms with Gasteiger partial charge in [-0.05, 0) is 36.8 Å². The zero-order chi connectivity index (χ0) is 11.7. The lowest BCUT2D eigenvalue weighted by atomic mass is 9.95. The number of nitrogens with zero attached hydrogens (tertiary/aromatic N) is 3. The third-order valence-corrected chi connectivity index (χ3v) is 3.47. The highest BCUT2D eigenvalue weighted by Crippen LogP contribution is 2.27. The number of anilines is 1. The molecule has 0 spiro atoms. The summed E-state index contributed by atoms with van der Waals surface area (Å²) in [5, 5.41) is 0.350. The second kappa shape index (κ2) is 4.58. The van der Waals surface area contributed by atoms with E-state index in [1.165, 1.54) is 6.42 Å². The molecule has 88 valence electrons. The molecule has 1 unspecified atom stereocenters. The number of aromatic nitrogens is 2. The lowest BCUT2D eigenvalue weighted by molar-refractivity contribution is 0.422. The molecule has 1 aromatic heterocycles. The van der Waals surface area contributed by atoms with Crippen molar-refractivity contribution in [3.8, 4) is 0 Å². The van der Waals surface area contributed by atoms with Gasteiger partial charge in [0, 0.05) is 24.8 Å². The first-order chi connectivity index (χ1) is 7.56. The van der Waals surface area contributed by atoms with E-state index >= 15 is 0 Å². The molecule has 0 amide bonds. The second-order valence-corrected chi connectivity index (χ2v) is 5.21. The van der Waals surface area contributed by atoms with Crippen molar-refractivity contribution in [2.45, 2.75) is 27.2 Å². The first-order valence-electron chi connectivity index (χ1n) is 5.82. The van der Waals surface area contributed by atoms with Gasteiger partial charge in [0.1, 0.15) is 5.82 Å². The largest absolute Gasteiger partial charge is 0.356 e. The van der Waals surface area contributed by atoms with E-state index in [9.17, 15) is 0 Å². The Kier molecular flexibility index (Phi) is 3.33. The SMILES string of the molecule is Cc1cc(N2CCC(C(C)C)C2)nc(Cl)n1. The Morgan fingerprint density at radius 2 is 2.19 bits per heavy atom. The minimum atomic E-state index is 0.350. The average molecular weight is 240 g/mol. The molecule has 1 aliphatic rings. The maximum Gasteiger partial charge on any atom is 0.224 e. The molecule has 16 heavy (non-hydrogen) atoms. The topological polar surface area (TPSA) is 29.0 Å². The van der Waals surface area contributed by atoms with E-state index in [2.05, 4.69) is 28.7 Å². The zero-order valence-electron chi connectivity index (χ0n) is 10.1. The predicted molar refractivity (Wildman–Crippen MR) is 66.9 cm³/mol. The molecular formula is C12H18ClN3. The highest BCUT2D eigenvalue weighted by molar-refractivity contribution is 6.28. The number of rotatable bonds is 2. The summed E-state index contributed by atoms with van der Waals surface area (Å²) < 4.78 is 0. The highest BCUT2D eigenvalue weighted by atomic mass is 35.5. The van der Waals surface area contributed by atoms with Gasteiger partial charge in [-0.1, -0.05) is 13.8 Å². The predicted octanol–water partition coefficient (Wildman–Crippen LogP) is 2.92. The van der Waals surface area contributed by atoms with Crippen molar-refractivity contribution in [1.82, 2.24) is 9.97 Å². The molecule has 0 bridgehead atoms. The Bertz CT molecular complexity index is 358. The fourth-order valence-corrected chi connectivity index (χ4v) is 2.44. The molecular weight excluding hydrogens is 222 g/mol. The Hall–Kier alpha value is -0.830. The fraction of sp³-hybridized carbons (Fsp3) is 0.667. The van der Waals surface area contributed by atoms with Crippen molar-refractivity contribution >= 4 is 17.4 Å². The van der Waals surface area contributed by atoms with Gasteiger partial charge in [-0.2, -0.15) is 0 Å². The van der Waals surface area contributed by atoms with Crippen molar-refractivity contribution in [2.75, 3.05) is 18.0 Å². The zero-order valence-corrected chi connectivity index (χ0v) is 10.8. The molecule has 4 heteroatoms. The fourth-order valence-electron chi connectivity index (χ4n) is 2.22. The summed E-state index contributed by atoms with van der Waals surface area (Å²) in [4.78, 5) is 10.7. The van der Waals surface area contributed by atoms with Crippen LogP contribution in [0.3, 0.4) is 0 Å². The van der Waals surface area contributed by atoms with E-state index in [1.807, 2.05) is 13.0 Å². The summed E-state index contributed by atoms with van der Waals surface area (Å²) in [5.41, 5.74) is 0.933. The van der Waals surface area contributed by atoms with E-state index in [0.717, 1.165) is 36.4 Å². The Labute approximate surface area is 102 Å². The molecule has 1 aromatic rings. The molecule has 1 saturated heterocycles. The Morgan fingerprint density at radius 1 is 1.44 bits per heavy atom. The van der Waals surface area contributed by atoms with Gasteiger partial charge >= 0.3 is 0 Å². The van der Waals surface area contributed by atoms with Gasteiger partial charge in [-0.25, -0.2) is 9.97 Å². The van der Waals surface area contributed by atoms with Gasteiger partial charge in [-0.15, -0.1) is 0 Å². The van der Waals surface area contributed by atoms with Crippen LogP contribution in [0.25, 0.3) is 0 Å². The summed E-state index contributed by atoms with van der Waals surface area (Å²) in [6.07, 6.45) is 1.25. The monoisotopic (exact) mass is 239 g/mol. The lowest BCUT2D eigenvalue weighted by Gasteiger charge is -2.19. The first kappa shape index (κ1) is 11.6. The number of hydrogen-bond acceptors (Lipinski definition) is 3. The van der Waals surface area contributed by atoms with Crippen molar-refractivity contribution in [3.63, 3.8) is 0 Å². The average Bonchev–Trinajstić information content (AvgIpc) is 2.64. The molecule has 1 aliphatic heterocycles. The van der Waals surface area contributed by atoms with Crippen LogP contribution in [-0.4, -0.2) is 23.1 Å². The summed E-state index contributed by atoms with van der Waals surface area (Å²) in [7, 11) is 0. The molecule has 0 saturated carbocycles. The standard InChI is InChI=1S/C12H18ClN3/c1-8(2)10-4-5-16(7-10)11-6-9(3)14-12(13)15-11/h6,8,10H,4-5,7H2,1-3H3. The van der Waals surface area contributed by atoms with E-state index in [-0.39, 0.29) is 0 Å². The molecule has 0 aromatic carbocycles. The van der Waals surface area contributed by atoms with E-state index in [4.69, 9.17) is 11.6 Å². The van der Waals surface area contributed by atoms with E-state index in [1.54, 1.807) is 0 Å². The number of halogens is 1. The van der Waals surface area contributed by atoms with Crippen molar-refractivity contribution in [1.29, 1.82) is 0 Å². The smallest absolute Gasteiger partial charge is 0.224 e. The molecule has 2 heterocycles. The van der Waals surface area contributed by atoms with Gasteiger partial charge in [0.25, 0.3) is 0 Å². The maximum atomic E-state index is 5.88. The van der Waals surface area contributed by atoms with Gasteiger partial charge in [-0.3, -0.25) is 0 Å². The summed E-state index contributed by atoms with van der Waals surface area (Å²) in [6, 6.07) is 2.01. The summed E-state index contributed by atoms with van der Waals surface area (Å²) >= 11 is 5.88. The molecule has 1 fully saturated rings. The summed E-state index contributed by atoms with van der Waals surface area (Å²) in [5.74, 6) is 2.48. The minimum absolute atomic E-state index is 0.350. The van der Waals surface area contributed by atoms with Crippen LogP contribution in [-0.2, 0) is 0 Å². The van der Waals surface area contributed by atoms with Crippen LogP contribution in [0, 0.1) is 18.8 Å². The van der Waals surface area contributed by atoms with Crippen LogP contribution in [0.4, 0.5) is 5.82 Å². The highest BCUT2D eigenvalue weighted by Gasteiger charge is 2.25. The summed E-state index contributed by atoms with van der Waals surface area (Å²) in [6.45, 7) is 8.69.